The van der Waals surface area contributed by atoms with E-state index in [9.17, 15) is 13.2 Å². The average molecular weight is 344 g/mol. The summed E-state index contributed by atoms with van der Waals surface area (Å²) < 4.78 is 28.6. The molecule has 0 atom stereocenters. The van der Waals surface area contributed by atoms with Gasteiger partial charge >= 0.3 is 0 Å². The Bertz CT molecular complexity index is 930. The zero-order valence-electron chi connectivity index (χ0n) is 13.2. The van der Waals surface area contributed by atoms with Crippen LogP contribution in [0.3, 0.4) is 0 Å². The Morgan fingerprint density at radius 3 is 2.29 bits per heavy atom. The van der Waals surface area contributed by atoms with Crippen LogP contribution in [0.25, 0.3) is 11.3 Å². The lowest BCUT2D eigenvalue weighted by atomic mass is 9.93. The molecule has 124 valence electrons. The fourth-order valence-corrected chi connectivity index (χ4v) is 3.04. The summed E-state index contributed by atoms with van der Waals surface area (Å²) in [6, 6.07) is 9.43. The second-order valence-electron chi connectivity index (χ2n) is 5.96. The number of nitrogens with two attached hydrogens (primary N) is 1. The highest BCUT2D eigenvalue weighted by Gasteiger charge is 2.42. The van der Waals surface area contributed by atoms with Crippen LogP contribution in [0.4, 0.5) is 0 Å². The molecule has 2 N–H and O–H groups in total. The fourth-order valence-electron chi connectivity index (χ4n) is 2.53. The highest BCUT2D eigenvalue weighted by atomic mass is 32.2. The van der Waals surface area contributed by atoms with Gasteiger partial charge in [-0.05, 0) is 44.2 Å². The van der Waals surface area contributed by atoms with E-state index in [4.69, 9.17) is 9.88 Å². The molecule has 0 bridgehead atoms. The smallest absolute Gasteiger partial charge is 0.238 e. The minimum absolute atomic E-state index is 0.00152. The molecule has 0 spiro atoms. The van der Waals surface area contributed by atoms with Crippen LogP contribution < -0.4 is 5.14 Å². The number of ether oxygens (including phenoxy) is 1. The molecule has 0 saturated carbocycles. The van der Waals surface area contributed by atoms with E-state index < -0.39 is 15.6 Å². The van der Waals surface area contributed by atoms with Crippen molar-refractivity contribution in [3.63, 3.8) is 0 Å². The van der Waals surface area contributed by atoms with Gasteiger partial charge in [0.25, 0.3) is 0 Å². The van der Waals surface area contributed by atoms with Gasteiger partial charge in [0.1, 0.15) is 5.76 Å². The monoisotopic (exact) mass is 344 g/mol. The summed E-state index contributed by atoms with van der Waals surface area (Å²) >= 11 is 0. The van der Waals surface area contributed by atoms with E-state index in [0.717, 1.165) is 0 Å². The number of hydrogen-bond donors (Lipinski definition) is 1. The molecular weight excluding hydrogens is 328 g/mol. The summed E-state index contributed by atoms with van der Waals surface area (Å²) in [5.41, 5.74) is 0.675. The summed E-state index contributed by atoms with van der Waals surface area (Å²) in [6.45, 7) is 3.38. The number of carbonyl (C=O) groups excluding carboxylic acids is 1. The third-order valence-electron chi connectivity index (χ3n) is 3.75. The quantitative estimate of drug-likeness (QED) is 0.918. The summed E-state index contributed by atoms with van der Waals surface area (Å²) in [5, 5.41) is 5.11. The molecule has 6 nitrogen and oxygen atoms in total. The second-order valence-corrected chi connectivity index (χ2v) is 7.52. The minimum Gasteiger partial charge on any atom is -0.478 e. The van der Waals surface area contributed by atoms with Gasteiger partial charge in [0, 0.05) is 23.5 Å². The normalized spacial score (nSPS) is 17.0. The van der Waals surface area contributed by atoms with Crippen molar-refractivity contribution in [1.82, 2.24) is 4.98 Å². The molecule has 24 heavy (non-hydrogen) atoms. The third kappa shape index (κ3) is 2.83. The van der Waals surface area contributed by atoms with Crippen LogP contribution in [0.5, 0.6) is 0 Å². The standard InChI is InChI=1S/C17H16N2O4S/c1-17(2)16(20)14(12-4-3-9-19-10-12)15(23-17)11-5-7-13(8-6-11)24(18,21)22/h3-10H,1-2H3,(H2,18,21,22). The highest BCUT2D eigenvalue weighted by Crippen LogP contribution is 2.41. The average Bonchev–Trinajstić information content (AvgIpc) is 2.78. The molecule has 0 aliphatic carbocycles. The van der Waals surface area contributed by atoms with E-state index in [1.165, 1.54) is 12.1 Å². The van der Waals surface area contributed by atoms with Crippen LogP contribution >= 0.6 is 0 Å². The molecule has 3 rings (SSSR count). The maximum absolute atomic E-state index is 12.7. The van der Waals surface area contributed by atoms with Crippen molar-refractivity contribution in [1.29, 1.82) is 0 Å². The number of aromatic nitrogens is 1. The van der Waals surface area contributed by atoms with E-state index in [1.807, 2.05) is 0 Å². The molecule has 0 unspecified atom stereocenters. The van der Waals surface area contributed by atoms with Gasteiger partial charge in [0.05, 0.1) is 10.5 Å². The Kier molecular flexibility index (Phi) is 3.77. The van der Waals surface area contributed by atoms with Gasteiger partial charge in [-0.2, -0.15) is 0 Å². The van der Waals surface area contributed by atoms with Crippen LogP contribution in [-0.2, 0) is 19.6 Å². The Balaban J connectivity index is 2.15. The van der Waals surface area contributed by atoms with Gasteiger partial charge in [-0.3, -0.25) is 9.78 Å². The molecule has 2 aromatic rings. The number of rotatable bonds is 3. The van der Waals surface area contributed by atoms with Crippen molar-refractivity contribution in [3.8, 4) is 0 Å². The Morgan fingerprint density at radius 1 is 1.08 bits per heavy atom. The molecule has 0 saturated heterocycles. The fraction of sp³-hybridized carbons (Fsp3) is 0.176. The predicted octanol–water partition coefficient (Wildman–Crippen LogP) is 1.98. The first-order valence-electron chi connectivity index (χ1n) is 7.22. The van der Waals surface area contributed by atoms with Gasteiger partial charge in [0.15, 0.2) is 5.60 Å². The maximum Gasteiger partial charge on any atom is 0.238 e. The number of nitrogens with zero attached hydrogens (tertiary/aromatic N) is 1. The molecule has 2 heterocycles. The number of hydrogen-bond acceptors (Lipinski definition) is 5. The molecule has 0 fully saturated rings. The molecule has 1 aromatic heterocycles. The van der Waals surface area contributed by atoms with Crippen molar-refractivity contribution in [2.75, 3.05) is 0 Å². The van der Waals surface area contributed by atoms with E-state index in [0.29, 0.717) is 22.5 Å². The number of carbonyl (C=O) groups is 1. The zero-order valence-corrected chi connectivity index (χ0v) is 14.0. The molecule has 7 heteroatoms. The van der Waals surface area contributed by atoms with Crippen molar-refractivity contribution in [3.05, 3.63) is 59.9 Å². The van der Waals surface area contributed by atoms with Gasteiger partial charge in [-0.1, -0.05) is 6.07 Å². The summed E-state index contributed by atoms with van der Waals surface area (Å²) in [6.07, 6.45) is 3.22. The number of benzene rings is 1. The topological polar surface area (TPSA) is 99.3 Å². The Morgan fingerprint density at radius 2 is 1.75 bits per heavy atom. The number of pyridine rings is 1. The van der Waals surface area contributed by atoms with Crippen LogP contribution in [0.1, 0.15) is 25.0 Å². The summed E-state index contributed by atoms with van der Waals surface area (Å²) in [5.74, 6) is 0.250. The lowest BCUT2D eigenvalue weighted by Crippen LogP contribution is -2.29. The minimum atomic E-state index is -3.78. The maximum atomic E-state index is 12.7. The Labute approximate surface area is 140 Å². The summed E-state index contributed by atoms with van der Waals surface area (Å²) in [4.78, 5) is 16.8. The lowest BCUT2D eigenvalue weighted by molar-refractivity contribution is -0.125. The van der Waals surface area contributed by atoms with Crippen molar-refractivity contribution >= 4 is 27.1 Å². The first-order valence-corrected chi connectivity index (χ1v) is 8.76. The number of sulfonamides is 1. The Hall–Kier alpha value is -2.51. The SMILES string of the molecule is CC1(C)OC(c2ccc(S(N)(=O)=O)cc2)=C(c2cccnc2)C1=O. The molecular formula is C17H16N2O4S. The van der Waals surface area contributed by atoms with Crippen molar-refractivity contribution < 1.29 is 17.9 Å². The first-order chi connectivity index (χ1) is 11.2. The number of ketones is 1. The molecule has 1 aliphatic heterocycles. The number of Topliss-reactive ketones (excluding diaryl/α,β-unsaturated/α-hetero) is 1. The van der Waals surface area contributed by atoms with Crippen molar-refractivity contribution in [2.45, 2.75) is 24.3 Å². The van der Waals surface area contributed by atoms with E-state index in [1.54, 1.807) is 50.5 Å². The molecule has 0 radical (unpaired) electrons. The van der Waals surface area contributed by atoms with Gasteiger partial charge in [-0.25, -0.2) is 13.6 Å². The van der Waals surface area contributed by atoms with Crippen molar-refractivity contribution in [2.24, 2.45) is 5.14 Å². The van der Waals surface area contributed by atoms with Gasteiger partial charge < -0.3 is 4.74 Å². The van der Waals surface area contributed by atoms with E-state index in [2.05, 4.69) is 4.98 Å². The largest absolute Gasteiger partial charge is 0.478 e. The molecule has 0 amide bonds. The van der Waals surface area contributed by atoms with Crippen LogP contribution in [0.2, 0.25) is 0 Å². The van der Waals surface area contributed by atoms with Gasteiger partial charge in [0.2, 0.25) is 15.8 Å². The molecule has 1 aliphatic rings. The van der Waals surface area contributed by atoms with Crippen LogP contribution in [0, 0.1) is 0 Å². The van der Waals surface area contributed by atoms with Crippen LogP contribution in [0.15, 0.2) is 53.7 Å². The van der Waals surface area contributed by atoms with Gasteiger partial charge in [-0.15, -0.1) is 0 Å². The van der Waals surface area contributed by atoms with E-state index >= 15 is 0 Å². The predicted molar refractivity (Wildman–Crippen MR) is 89.0 cm³/mol. The zero-order chi connectivity index (χ0) is 17.5. The van der Waals surface area contributed by atoms with E-state index in [-0.39, 0.29) is 10.7 Å². The number of primary sulfonamides is 1. The summed E-state index contributed by atoms with van der Waals surface area (Å²) in [7, 11) is -3.78. The second kappa shape index (κ2) is 5.54. The molecule has 1 aromatic carbocycles. The third-order valence-corrected chi connectivity index (χ3v) is 4.68. The first kappa shape index (κ1) is 16.4. The highest BCUT2D eigenvalue weighted by molar-refractivity contribution is 7.89. The lowest BCUT2D eigenvalue weighted by Gasteiger charge is -2.17. The van der Waals surface area contributed by atoms with Crippen LogP contribution in [-0.4, -0.2) is 24.8 Å².